The molecule has 104 valence electrons. The summed E-state index contributed by atoms with van der Waals surface area (Å²) in [5, 5.41) is 19.0. The molecule has 0 bridgehead atoms. The van der Waals surface area contributed by atoms with Gasteiger partial charge in [0.15, 0.2) is 0 Å². The van der Waals surface area contributed by atoms with E-state index in [2.05, 4.69) is 6.07 Å². The number of piperidine rings is 1. The normalized spacial score (nSPS) is 21.3. The van der Waals surface area contributed by atoms with Crippen molar-refractivity contribution in [2.75, 3.05) is 13.1 Å². The molecule has 1 amide bonds. The van der Waals surface area contributed by atoms with Gasteiger partial charge in [0.25, 0.3) is 5.91 Å². The number of hydrogen-bond acceptors (Lipinski definition) is 3. The minimum absolute atomic E-state index is 0.0108. The van der Waals surface area contributed by atoms with Crippen LogP contribution in [-0.2, 0) is 0 Å². The second-order valence-electron chi connectivity index (χ2n) is 5.86. The number of nitriles is 1. The van der Waals surface area contributed by atoms with Gasteiger partial charge in [0, 0.05) is 18.7 Å². The highest BCUT2D eigenvalue weighted by molar-refractivity contribution is 5.94. The fourth-order valence-electron chi connectivity index (χ4n) is 3.06. The van der Waals surface area contributed by atoms with Crippen LogP contribution in [0.4, 0.5) is 0 Å². The molecule has 4 heteroatoms. The van der Waals surface area contributed by atoms with E-state index in [0.717, 1.165) is 25.7 Å². The molecular weight excluding hydrogens is 252 g/mol. The Kier molecular flexibility index (Phi) is 3.23. The summed E-state index contributed by atoms with van der Waals surface area (Å²) in [5.74, 6) is 0.334. The molecule has 1 saturated carbocycles. The predicted octanol–water partition coefficient (Wildman–Crippen LogP) is 1.94. The minimum Gasteiger partial charge on any atom is -0.390 e. The number of amides is 1. The van der Waals surface area contributed by atoms with E-state index in [4.69, 9.17) is 5.26 Å². The van der Waals surface area contributed by atoms with Crippen LogP contribution in [-0.4, -0.2) is 34.6 Å². The van der Waals surface area contributed by atoms with Gasteiger partial charge in [-0.1, -0.05) is 6.07 Å². The lowest BCUT2D eigenvalue weighted by Crippen LogP contribution is -2.41. The highest BCUT2D eigenvalue weighted by Crippen LogP contribution is 2.46. The fraction of sp³-hybridized carbons (Fsp3) is 0.500. The summed E-state index contributed by atoms with van der Waals surface area (Å²) in [4.78, 5) is 14.2. The van der Waals surface area contributed by atoms with E-state index >= 15 is 0 Å². The van der Waals surface area contributed by atoms with Gasteiger partial charge in [0.2, 0.25) is 0 Å². The van der Waals surface area contributed by atoms with Crippen LogP contribution in [0.15, 0.2) is 24.3 Å². The van der Waals surface area contributed by atoms with Crippen molar-refractivity contribution in [3.63, 3.8) is 0 Å². The van der Waals surface area contributed by atoms with Gasteiger partial charge in [0.1, 0.15) is 0 Å². The Labute approximate surface area is 118 Å². The van der Waals surface area contributed by atoms with Gasteiger partial charge in [0.05, 0.1) is 17.2 Å². The average molecular weight is 270 g/mol. The molecule has 0 unspecified atom stereocenters. The maximum absolute atomic E-state index is 12.4. The number of carbonyl (C=O) groups excluding carboxylic acids is 1. The van der Waals surface area contributed by atoms with Crippen LogP contribution in [0, 0.1) is 17.2 Å². The molecule has 1 saturated heterocycles. The summed E-state index contributed by atoms with van der Waals surface area (Å²) >= 11 is 0. The first-order valence-corrected chi connectivity index (χ1v) is 7.14. The molecule has 0 atom stereocenters. The molecule has 0 radical (unpaired) electrons. The topological polar surface area (TPSA) is 64.3 Å². The van der Waals surface area contributed by atoms with Crippen molar-refractivity contribution in [2.24, 2.45) is 5.92 Å². The van der Waals surface area contributed by atoms with Crippen LogP contribution in [0.3, 0.4) is 0 Å². The first-order chi connectivity index (χ1) is 9.62. The van der Waals surface area contributed by atoms with E-state index in [1.54, 1.807) is 24.3 Å². The third kappa shape index (κ3) is 2.41. The lowest BCUT2D eigenvalue weighted by atomic mass is 9.89. The molecule has 2 fully saturated rings. The molecule has 2 aliphatic rings. The number of nitrogens with zero attached hydrogens (tertiary/aromatic N) is 2. The molecule has 1 aliphatic carbocycles. The van der Waals surface area contributed by atoms with E-state index in [0.29, 0.717) is 30.1 Å². The molecule has 4 nitrogen and oxygen atoms in total. The molecule has 1 heterocycles. The molecule has 20 heavy (non-hydrogen) atoms. The first kappa shape index (κ1) is 13.1. The van der Waals surface area contributed by atoms with Crippen molar-refractivity contribution in [2.45, 2.75) is 31.3 Å². The maximum atomic E-state index is 12.4. The van der Waals surface area contributed by atoms with Crippen LogP contribution in [0.1, 0.15) is 41.6 Å². The number of aliphatic hydroxyl groups is 1. The molecule has 1 aromatic carbocycles. The van der Waals surface area contributed by atoms with E-state index < -0.39 is 5.60 Å². The summed E-state index contributed by atoms with van der Waals surface area (Å²) < 4.78 is 0. The Bertz CT molecular complexity index is 564. The van der Waals surface area contributed by atoms with Crippen LogP contribution in [0.2, 0.25) is 0 Å². The Hall–Kier alpha value is -1.86. The lowest BCUT2D eigenvalue weighted by molar-refractivity contribution is 0.0340. The van der Waals surface area contributed by atoms with Gasteiger partial charge in [-0.25, -0.2) is 0 Å². The second-order valence-corrected chi connectivity index (χ2v) is 5.86. The van der Waals surface area contributed by atoms with Crippen LogP contribution >= 0.6 is 0 Å². The van der Waals surface area contributed by atoms with Gasteiger partial charge >= 0.3 is 0 Å². The monoisotopic (exact) mass is 270 g/mol. The van der Waals surface area contributed by atoms with Crippen molar-refractivity contribution in [1.82, 2.24) is 4.90 Å². The van der Waals surface area contributed by atoms with Crippen molar-refractivity contribution in [3.05, 3.63) is 35.4 Å². The average Bonchev–Trinajstić information content (AvgIpc) is 3.26. The second kappa shape index (κ2) is 4.92. The van der Waals surface area contributed by atoms with Gasteiger partial charge < -0.3 is 10.0 Å². The summed E-state index contributed by atoms with van der Waals surface area (Å²) in [6.07, 6.45) is 3.58. The van der Waals surface area contributed by atoms with Crippen molar-refractivity contribution < 1.29 is 9.90 Å². The SMILES string of the molecule is N#Cc1cccc(C(=O)N2CCC(C3(O)CC3)CC2)c1. The minimum atomic E-state index is -0.435. The third-order valence-electron chi connectivity index (χ3n) is 4.54. The molecule has 1 aromatic rings. The quantitative estimate of drug-likeness (QED) is 0.893. The van der Waals surface area contributed by atoms with E-state index in [-0.39, 0.29) is 5.91 Å². The van der Waals surface area contributed by atoms with Crippen molar-refractivity contribution in [3.8, 4) is 6.07 Å². The van der Waals surface area contributed by atoms with Gasteiger partial charge in [-0.2, -0.15) is 5.26 Å². The number of benzene rings is 1. The zero-order chi connectivity index (χ0) is 14.2. The third-order valence-corrected chi connectivity index (χ3v) is 4.54. The number of rotatable bonds is 2. The van der Waals surface area contributed by atoms with Gasteiger partial charge in [-0.3, -0.25) is 4.79 Å². The highest BCUT2D eigenvalue weighted by atomic mass is 16.3. The Morgan fingerprint density at radius 3 is 2.65 bits per heavy atom. The molecule has 1 N–H and O–H groups in total. The van der Waals surface area contributed by atoms with Crippen molar-refractivity contribution >= 4 is 5.91 Å². The number of carbonyl (C=O) groups is 1. The van der Waals surface area contributed by atoms with Crippen LogP contribution in [0.25, 0.3) is 0 Å². The van der Waals surface area contributed by atoms with Gasteiger partial charge in [-0.15, -0.1) is 0 Å². The van der Waals surface area contributed by atoms with Crippen LogP contribution < -0.4 is 0 Å². The highest BCUT2D eigenvalue weighted by Gasteiger charge is 2.48. The maximum Gasteiger partial charge on any atom is 0.253 e. The van der Waals surface area contributed by atoms with Gasteiger partial charge in [-0.05, 0) is 49.8 Å². The standard InChI is InChI=1S/C16H18N2O2/c17-11-12-2-1-3-13(10-12)15(19)18-8-4-14(5-9-18)16(20)6-7-16/h1-3,10,14,20H,4-9H2. The molecule has 0 aromatic heterocycles. The molecule has 3 rings (SSSR count). The predicted molar refractivity (Wildman–Crippen MR) is 74.0 cm³/mol. The lowest BCUT2D eigenvalue weighted by Gasteiger charge is -2.34. The summed E-state index contributed by atoms with van der Waals surface area (Å²) in [6, 6.07) is 8.89. The molecule has 0 spiro atoms. The summed E-state index contributed by atoms with van der Waals surface area (Å²) in [6.45, 7) is 1.39. The summed E-state index contributed by atoms with van der Waals surface area (Å²) in [5.41, 5.74) is 0.654. The van der Waals surface area contributed by atoms with Crippen LogP contribution in [0.5, 0.6) is 0 Å². The van der Waals surface area contributed by atoms with E-state index in [9.17, 15) is 9.90 Å². The smallest absolute Gasteiger partial charge is 0.253 e. The number of hydrogen-bond donors (Lipinski definition) is 1. The van der Waals surface area contributed by atoms with E-state index in [1.165, 1.54) is 0 Å². The number of likely N-dealkylation sites (tertiary alicyclic amines) is 1. The van der Waals surface area contributed by atoms with E-state index in [1.807, 2.05) is 4.90 Å². The summed E-state index contributed by atoms with van der Waals surface area (Å²) in [7, 11) is 0. The fourth-order valence-corrected chi connectivity index (χ4v) is 3.06. The zero-order valence-corrected chi connectivity index (χ0v) is 11.4. The first-order valence-electron chi connectivity index (χ1n) is 7.14. The largest absolute Gasteiger partial charge is 0.390 e. The Morgan fingerprint density at radius 1 is 1.35 bits per heavy atom. The van der Waals surface area contributed by atoms with Crippen molar-refractivity contribution in [1.29, 1.82) is 5.26 Å². The molecule has 1 aliphatic heterocycles. The molecular formula is C16H18N2O2. The zero-order valence-electron chi connectivity index (χ0n) is 11.4. The Balaban J connectivity index is 1.65. The Morgan fingerprint density at radius 2 is 2.05 bits per heavy atom.